The van der Waals surface area contributed by atoms with E-state index >= 15 is 0 Å². The van der Waals surface area contributed by atoms with Gasteiger partial charge in [0.25, 0.3) is 0 Å². The van der Waals surface area contributed by atoms with Crippen molar-refractivity contribution >= 4 is 11.9 Å². The topological polar surface area (TPSA) is 41.9 Å². The molecule has 4 heteroatoms. The van der Waals surface area contributed by atoms with Crippen LogP contribution in [0.4, 0.5) is 0 Å². The molecule has 0 bridgehead atoms. The van der Waals surface area contributed by atoms with Crippen molar-refractivity contribution in [2.24, 2.45) is 4.99 Å². The number of esters is 1. The van der Waals surface area contributed by atoms with Crippen LogP contribution in [0.5, 0.6) is 0 Å². The summed E-state index contributed by atoms with van der Waals surface area (Å²) in [6, 6.07) is 9.39. The Morgan fingerprint density at radius 1 is 1.16 bits per heavy atom. The van der Waals surface area contributed by atoms with E-state index in [-0.39, 0.29) is 0 Å². The van der Waals surface area contributed by atoms with E-state index in [2.05, 4.69) is 4.99 Å². The fraction of sp³-hybridized carbons (Fsp3) is 0.0667. The number of carbonyl (C=O) groups is 1. The molecule has 4 nitrogen and oxygen atoms in total. The van der Waals surface area contributed by atoms with Crippen molar-refractivity contribution in [3.05, 3.63) is 71.7 Å². The number of benzene rings is 1. The number of carbonyl (C=O) groups excluding carboxylic acids is 1. The molecule has 0 saturated carbocycles. The summed E-state index contributed by atoms with van der Waals surface area (Å²) in [4.78, 5) is 18.1. The molecule has 2 heterocycles. The Kier molecular flexibility index (Phi) is 2.76. The molecule has 2 aliphatic heterocycles. The molecule has 0 fully saturated rings. The van der Waals surface area contributed by atoms with Gasteiger partial charge in [-0.3, -0.25) is 0 Å². The summed E-state index contributed by atoms with van der Waals surface area (Å²) in [6.45, 7) is 0. The Morgan fingerprint density at radius 2 is 1.95 bits per heavy atom. The Morgan fingerprint density at radius 3 is 2.68 bits per heavy atom. The summed E-state index contributed by atoms with van der Waals surface area (Å²) in [5.41, 5.74) is 1.87. The van der Waals surface area contributed by atoms with E-state index < -0.39 is 5.97 Å². The van der Waals surface area contributed by atoms with Gasteiger partial charge in [0.1, 0.15) is 0 Å². The Labute approximate surface area is 111 Å². The molecule has 2 aliphatic rings. The first-order chi connectivity index (χ1) is 9.25. The van der Waals surface area contributed by atoms with Gasteiger partial charge in [-0.05, 0) is 24.3 Å². The van der Waals surface area contributed by atoms with Crippen LogP contribution in [0.25, 0.3) is 0 Å². The molecule has 1 aromatic rings. The molecule has 1 aromatic carbocycles. The normalized spacial score (nSPS) is 21.6. The second-order valence-electron chi connectivity index (χ2n) is 4.22. The summed E-state index contributed by atoms with van der Waals surface area (Å²) in [6.07, 6.45) is 7.47. The van der Waals surface area contributed by atoms with Crippen LogP contribution in [0.3, 0.4) is 0 Å². The number of likely N-dealkylation sites (N-methyl/N-ethyl adjacent to an activating group) is 1. The summed E-state index contributed by atoms with van der Waals surface area (Å²) in [7, 11) is 1.87. The number of ether oxygens (including phenoxy) is 1. The molecule has 0 N–H and O–H groups in total. The van der Waals surface area contributed by atoms with E-state index in [9.17, 15) is 4.79 Å². The molecule has 0 radical (unpaired) electrons. The molecule has 19 heavy (non-hydrogen) atoms. The first-order valence-corrected chi connectivity index (χ1v) is 5.94. The molecular formula is C15H12N2O2. The fourth-order valence-corrected chi connectivity index (χ4v) is 1.94. The van der Waals surface area contributed by atoms with Gasteiger partial charge in [-0.2, -0.15) is 0 Å². The summed E-state index contributed by atoms with van der Waals surface area (Å²) < 4.78 is 5.23. The summed E-state index contributed by atoms with van der Waals surface area (Å²) in [5, 5.41) is 0. The van der Waals surface area contributed by atoms with Gasteiger partial charge >= 0.3 is 5.97 Å². The van der Waals surface area contributed by atoms with Crippen LogP contribution in [0.2, 0.25) is 0 Å². The van der Waals surface area contributed by atoms with Gasteiger partial charge in [0.05, 0.1) is 5.70 Å². The number of allylic oxidation sites excluding steroid dienone is 3. The van der Waals surface area contributed by atoms with Crippen molar-refractivity contribution in [1.29, 1.82) is 0 Å². The van der Waals surface area contributed by atoms with Crippen LogP contribution in [-0.2, 0) is 9.53 Å². The second kappa shape index (κ2) is 4.57. The highest BCUT2D eigenvalue weighted by atomic mass is 16.6. The largest absolute Gasteiger partial charge is 0.402 e. The standard InChI is InChI=1S/C15H12N2O2/c1-17-10-6-5-9-12(17)13-15(18)19-14(16-13)11-7-3-2-4-8-11/h2-10H,1H3. The summed E-state index contributed by atoms with van der Waals surface area (Å²) in [5.74, 6) is -0.0647. The predicted molar refractivity (Wildman–Crippen MR) is 72.1 cm³/mol. The first-order valence-electron chi connectivity index (χ1n) is 5.94. The molecule has 94 valence electrons. The number of rotatable bonds is 1. The number of cyclic esters (lactones) is 1. The van der Waals surface area contributed by atoms with E-state index in [0.717, 1.165) is 11.3 Å². The average Bonchev–Trinajstić information content (AvgIpc) is 2.82. The van der Waals surface area contributed by atoms with Gasteiger partial charge in [0.15, 0.2) is 5.70 Å². The van der Waals surface area contributed by atoms with Crippen LogP contribution in [0.1, 0.15) is 5.56 Å². The van der Waals surface area contributed by atoms with Gasteiger partial charge in [-0.25, -0.2) is 9.79 Å². The highest BCUT2D eigenvalue weighted by molar-refractivity contribution is 6.11. The average molecular weight is 252 g/mol. The second-order valence-corrected chi connectivity index (χ2v) is 4.22. The highest BCUT2D eigenvalue weighted by Gasteiger charge is 2.27. The van der Waals surface area contributed by atoms with Crippen molar-refractivity contribution in [3.63, 3.8) is 0 Å². The van der Waals surface area contributed by atoms with Gasteiger partial charge in [-0.1, -0.05) is 24.3 Å². The van der Waals surface area contributed by atoms with Gasteiger partial charge in [0, 0.05) is 18.8 Å². The van der Waals surface area contributed by atoms with Gasteiger partial charge < -0.3 is 9.64 Å². The number of hydrogen-bond donors (Lipinski definition) is 0. The summed E-state index contributed by atoms with van der Waals surface area (Å²) >= 11 is 0. The molecule has 0 spiro atoms. The van der Waals surface area contributed by atoms with Crippen LogP contribution in [0.15, 0.2) is 71.1 Å². The van der Waals surface area contributed by atoms with Crippen molar-refractivity contribution in [1.82, 2.24) is 4.90 Å². The van der Waals surface area contributed by atoms with Gasteiger partial charge in [-0.15, -0.1) is 0 Å². The molecule has 0 amide bonds. The quantitative estimate of drug-likeness (QED) is 0.568. The maximum absolute atomic E-state index is 11.9. The van der Waals surface area contributed by atoms with E-state index in [1.54, 1.807) is 0 Å². The maximum Gasteiger partial charge on any atom is 0.366 e. The predicted octanol–water partition coefficient (Wildman–Crippen LogP) is 2.22. The van der Waals surface area contributed by atoms with Crippen LogP contribution >= 0.6 is 0 Å². The van der Waals surface area contributed by atoms with Crippen LogP contribution < -0.4 is 0 Å². The zero-order valence-electron chi connectivity index (χ0n) is 10.4. The van der Waals surface area contributed by atoms with E-state index in [1.807, 2.05) is 66.7 Å². The van der Waals surface area contributed by atoms with Crippen LogP contribution in [-0.4, -0.2) is 23.8 Å². The zero-order chi connectivity index (χ0) is 13.2. The molecule has 0 atom stereocenters. The highest BCUT2D eigenvalue weighted by Crippen LogP contribution is 2.23. The van der Waals surface area contributed by atoms with E-state index in [0.29, 0.717) is 11.6 Å². The molecule has 0 aromatic heterocycles. The van der Waals surface area contributed by atoms with Crippen molar-refractivity contribution < 1.29 is 9.53 Å². The Hall–Kier alpha value is -2.62. The minimum Gasteiger partial charge on any atom is -0.402 e. The molecule has 0 saturated heterocycles. The molecule has 3 rings (SSSR count). The lowest BCUT2D eigenvalue weighted by atomic mass is 10.2. The zero-order valence-corrected chi connectivity index (χ0v) is 10.4. The van der Waals surface area contributed by atoms with E-state index in [1.165, 1.54) is 0 Å². The minimum atomic E-state index is -0.416. The third kappa shape index (κ3) is 2.08. The Bertz CT molecular complexity index is 639. The lowest BCUT2D eigenvalue weighted by molar-refractivity contribution is -0.130. The Balaban J connectivity index is 2.03. The monoisotopic (exact) mass is 252 g/mol. The molecule has 0 aliphatic carbocycles. The van der Waals surface area contributed by atoms with Crippen molar-refractivity contribution in [2.75, 3.05) is 7.05 Å². The van der Waals surface area contributed by atoms with Crippen molar-refractivity contribution in [3.8, 4) is 0 Å². The SMILES string of the molecule is CN1C=CC=CC1=C1N=C(c2ccccc2)OC1=O. The van der Waals surface area contributed by atoms with Crippen molar-refractivity contribution in [2.45, 2.75) is 0 Å². The minimum absolute atomic E-state index is 0.335. The number of nitrogens with zero attached hydrogens (tertiary/aromatic N) is 2. The molecular weight excluding hydrogens is 240 g/mol. The van der Waals surface area contributed by atoms with Crippen LogP contribution in [0, 0.1) is 0 Å². The number of hydrogen-bond acceptors (Lipinski definition) is 4. The maximum atomic E-state index is 11.9. The first kappa shape index (κ1) is 11.5. The third-order valence-corrected chi connectivity index (χ3v) is 2.91. The lowest BCUT2D eigenvalue weighted by Crippen LogP contribution is -2.15. The lowest BCUT2D eigenvalue weighted by Gasteiger charge is -2.17. The number of aliphatic imine (C=N–C) groups is 1. The van der Waals surface area contributed by atoms with Gasteiger partial charge in [0.2, 0.25) is 5.90 Å². The smallest absolute Gasteiger partial charge is 0.366 e. The molecule has 0 unspecified atom stereocenters. The third-order valence-electron chi connectivity index (χ3n) is 2.91. The fourth-order valence-electron chi connectivity index (χ4n) is 1.94. The van der Waals surface area contributed by atoms with E-state index in [4.69, 9.17) is 4.74 Å².